The molecule has 6 nitrogen and oxygen atoms in total. The number of anilines is 1. The van der Waals surface area contributed by atoms with Gasteiger partial charge >= 0.3 is 4.87 Å². The Morgan fingerprint density at radius 2 is 2.19 bits per heavy atom. The number of thioether (sulfide) groups is 1. The van der Waals surface area contributed by atoms with Gasteiger partial charge in [-0.25, -0.2) is 9.97 Å². The lowest BCUT2D eigenvalue weighted by Gasteiger charge is -2.19. The lowest BCUT2D eigenvalue weighted by Crippen LogP contribution is -2.26. The Balaban J connectivity index is 2.37. The Morgan fingerprint density at radius 1 is 1.43 bits per heavy atom. The molecule has 8 heteroatoms. The predicted molar refractivity (Wildman–Crippen MR) is 88.4 cm³/mol. The van der Waals surface area contributed by atoms with Gasteiger partial charge in [0.2, 0.25) is 0 Å². The van der Waals surface area contributed by atoms with Crippen LogP contribution in [0.3, 0.4) is 0 Å². The summed E-state index contributed by atoms with van der Waals surface area (Å²) in [6, 6.07) is -0.0835. The van der Waals surface area contributed by atoms with Crippen LogP contribution >= 0.6 is 23.1 Å². The zero-order chi connectivity index (χ0) is 15.4. The van der Waals surface area contributed by atoms with Crippen molar-refractivity contribution in [2.75, 3.05) is 17.7 Å². The van der Waals surface area contributed by atoms with Gasteiger partial charge in [-0.05, 0) is 18.1 Å². The number of hydrogen-bond acceptors (Lipinski definition) is 7. The van der Waals surface area contributed by atoms with Crippen molar-refractivity contribution in [3.05, 3.63) is 9.67 Å². The molecule has 0 saturated heterocycles. The van der Waals surface area contributed by atoms with Crippen molar-refractivity contribution < 1.29 is 5.11 Å². The van der Waals surface area contributed by atoms with E-state index < -0.39 is 0 Å². The van der Waals surface area contributed by atoms with Gasteiger partial charge in [-0.15, -0.1) is 0 Å². The third kappa shape index (κ3) is 4.18. The number of aromatic nitrogens is 3. The lowest BCUT2D eigenvalue weighted by atomic mass is 10.0. The number of aliphatic hydroxyl groups is 1. The summed E-state index contributed by atoms with van der Waals surface area (Å²) in [6.07, 6.45) is 0.831. The number of aliphatic hydroxyl groups excluding tert-OH is 1. The summed E-state index contributed by atoms with van der Waals surface area (Å²) in [5.41, 5.74) is 0.555. The highest BCUT2D eigenvalue weighted by molar-refractivity contribution is 7.99. The standard InChI is InChI=1S/C13H20N4O2S2/c1-4-20-12-15-10(14-8(6-18)5-7(2)3)9-11(16-12)17-13(19)21-9/h7-8,18H,4-6H2,1-3H3,(H2,14,15,16,17,19)/t8-/m1/s1. The van der Waals surface area contributed by atoms with Crippen LogP contribution in [0.2, 0.25) is 0 Å². The Kier molecular flexibility index (Phi) is 5.60. The summed E-state index contributed by atoms with van der Waals surface area (Å²) < 4.78 is 0.711. The van der Waals surface area contributed by atoms with Gasteiger partial charge in [0.05, 0.1) is 12.6 Å². The van der Waals surface area contributed by atoms with Gasteiger partial charge in [-0.2, -0.15) is 0 Å². The second kappa shape index (κ2) is 7.24. The molecule has 0 aliphatic carbocycles. The fraction of sp³-hybridized carbons (Fsp3) is 0.615. The molecular formula is C13H20N4O2S2. The number of aromatic amines is 1. The molecule has 2 aromatic heterocycles. The van der Waals surface area contributed by atoms with Crippen molar-refractivity contribution in [3.8, 4) is 0 Å². The molecule has 0 spiro atoms. The number of rotatable bonds is 7. The number of H-pyrrole nitrogens is 1. The minimum atomic E-state index is -0.148. The summed E-state index contributed by atoms with van der Waals surface area (Å²) >= 11 is 2.61. The van der Waals surface area contributed by atoms with Crippen molar-refractivity contribution in [1.82, 2.24) is 15.0 Å². The first-order valence-electron chi connectivity index (χ1n) is 6.94. The maximum Gasteiger partial charge on any atom is 0.306 e. The number of hydrogen-bond donors (Lipinski definition) is 3. The largest absolute Gasteiger partial charge is 0.394 e. The van der Waals surface area contributed by atoms with Crippen LogP contribution < -0.4 is 10.2 Å². The van der Waals surface area contributed by atoms with Gasteiger partial charge in [0.15, 0.2) is 16.6 Å². The highest BCUT2D eigenvalue weighted by Crippen LogP contribution is 2.26. The zero-order valence-corrected chi connectivity index (χ0v) is 14.0. The highest BCUT2D eigenvalue weighted by Gasteiger charge is 2.16. The molecule has 0 radical (unpaired) electrons. The average Bonchev–Trinajstić information content (AvgIpc) is 2.78. The Hall–Kier alpha value is -1.12. The molecule has 3 N–H and O–H groups in total. The molecule has 116 valence electrons. The minimum absolute atomic E-state index is 0.0270. The summed E-state index contributed by atoms with van der Waals surface area (Å²) in [6.45, 7) is 6.26. The van der Waals surface area contributed by atoms with Crippen molar-refractivity contribution >= 4 is 39.3 Å². The van der Waals surface area contributed by atoms with E-state index in [0.29, 0.717) is 27.2 Å². The van der Waals surface area contributed by atoms with Gasteiger partial charge in [-0.3, -0.25) is 9.78 Å². The predicted octanol–water partition coefficient (Wildman–Crippen LogP) is 2.31. The molecule has 0 bridgehead atoms. The molecule has 0 unspecified atom stereocenters. The maximum atomic E-state index is 11.6. The molecule has 0 saturated carbocycles. The van der Waals surface area contributed by atoms with Crippen LogP contribution in [0.1, 0.15) is 27.2 Å². The van der Waals surface area contributed by atoms with Crippen LogP contribution in [0.15, 0.2) is 9.95 Å². The summed E-state index contributed by atoms with van der Waals surface area (Å²) in [5.74, 6) is 1.94. The fourth-order valence-electron chi connectivity index (χ4n) is 2.06. The molecule has 2 rings (SSSR count). The van der Waals surface area contributed by atoms with Crippen molar-refractivity contribution in [2.24, 2.45) is 5.92 Å². The van der Waals surface area contributed by atoms with Gasteiger partial charge in [0.1, 0.15) is 4.70 Å². The fourth-order valence-corrected chi connectivity index (χ4v) is 3.36. The van der Waals surface area contributed by atoms with Crippen LogP contribution in [-0.4, -0.2) is 38.5 Å². The van der Waals surface area contributed by atoms with Crippen LogP contribution in [0, 0.1) is 5.92 Å². The topological polar surface area (TPSA) is 90.9 Å². The molecule has 0 fully saturated rings. The van der Waals surface area contributed by atoms with Crippen molar-refractivity contribution in [2.45, 2.75) is 38.4 Å². The van der Waals surface area contributed by atoms with Crippen LogP contribution in [-0.2, 0) is 0 Å². The Labute approximate surface area is 131 Å². The van der Waals surface area contributed by atoms with E-state index >= 15 is 0 Å². The minimum Gasteiger partial charge on any atom is -0.394 e. The first-order chi connectivity index (χ1) is 10.0. The SMILES string of the molecule is CCSc1nc(N[C@@H](CO)CC(C)C)c2sc(=O)[nH]c2n1. The van der Waals surface area contributed by atoms with Crippen LogP contribution in [0.25, 0.3) is 10.3 Å². The van der Waals surface area contributed by atoms with Gasteiger partial charge in [0.25, 0.3) is 0 Å². The molecule has 1 atom stereocenters. The van der Waals surface area contributed by atoms with Crippen molar-refractivity contribution in [3.63, 3.8) is 0 Å². The third-order valence-electron chi connectivity index (χ3n) is 2.85. The second-order valence-electron chi connectivity index (χ2n) is 5.13. The number of fused-ring (bicyclic) bond motifs is 1. The molecule has 0 amide bonds. The number of thiazole rings is 1. The Bertz CT molecular complexity index is 653. The zero-order valence-electron chi connectivity index (χ0n) is 12.3. The van der Waals surface area contributed by atoms with Crippen LogP contribution in [0.5, 0.6) is 0 Å². The number of nitrogens with one attached hydrogen (secondary N) is 2. The average molecular weight is 328 g/mol. The quantitative estimate of drug-likeness (QED) is 0.534. The normalized spacial score (nSPS) is 13.0. The molecule has 2 aromatic rings. The molecule has 0 aliphatic rings. The summed E-state index contributed by atoms with van der Waals surface area (Å²) in [4.78, 5) is 23.0. The Morgan fingerprint density at radius 3 is 2.81 bits per heavy atom. The first-order valence-corrected chi connectivity index (χ1v) is 8.74. The highest BCUT2D eigenvalue weighted by atomic mass is 32.2. The van der Waals surface area contributed by atoms with E-state index in [1.54, 1.807) is 0 Å². The van der Waals surface area contributed by atoms with E-state index in [2.05, 4.69) is 34.1 Å². The van der Waals surface area contributed by atoms with E-state index in [1.165, 1.54) is 11.8 Å². The van der Waals surface area contributed by atoms with Gasteiger partial charge in [0, 0.05) is 0 Å². The first kappa shape index (κ1) is 16.3. The monoisotopic (exact) mass is 328 g/mol. The van der Waals surface area contributed by atoms with E-state index in [-0.39, 0.29) is 17.5 Å². The van der Waals surface area contributed by atoms with Crippen molar-refractivity contribution in [1.29, 1.82) is 0 Å². The molecule has 2 heterocycles. The van der Waals surface area contributed by atoms with Crippen LogP contribution in [0.4, 0.5) is 5.82 Å². The second-order valence-corrected chi connectivity index (χ2v) is 7.35. The smallest absolute Gasteiger partial charge is 0.306 e. The number of nitrogens with zero attached hydrogens (tertiary/aromatic N) is 2. The molecule has 0 aromatic carbocycles. The van der Waals surface area contributed by atoms with E-state index in [4.69, 9.17) is 0 Å². The molecular weight excluding hydrogens is 308 g/mol. The lowest BCUT2D eigenvalue weighted by molar-refractivity contribution is 0.259. The van der Waals surface area contributed by atoms with E-state index in [0.717, 1.165) is 23.5 Å². The maximum absolute atomic E-state index is 11.6. The van der Waals surface area contributed by atoms with Gasteiger partial charge in [-0.1, -0.05) is 43.9 Å². The summed E-state index contributed by atoms with van der Waals surface area (Å²) in [5, 5.41) is 13.4. The summed E-state index contributed by atoms with van der Waals surface area (Å²) in [7, 11) is 0. The molecule has 0 aliphatic heterocycles. The third-order valence-corrected chi connectivity index (χ3v) is 4.46. The van der Waals surface area contributed by atoms with E-state index in [9.17, 15) is 9.90 Å². The van der Waals surface area contributed by atoms with E-state index in [1.807, 2.05) is 6.92 Å². The van der Waals surface area contributed by atoms with Gasteiger partial charge < -0.3 is 10.4 Å². The molecule has 21 heavy (non-hydrogen) atoms.